The van der Waals surface area contributed by atoms with Gasteiger partial charge in [0.1, 0.15) is 0 Å². The van der Waals surface area contributed by atoms with Crippen molar-refractivity contribution in [1.29, 1.82) is 0 Å². The lowest BCUT2D eigenvalue weighted by Crippen LogP contribution is -2.31. The van der Waals surface area contributed by atoms with Gasteiger partial charge in [0.2, 0.25) is 0 Å². The van der Waals surface area contributed by atoms with Crippen molar-refractivity contribution in [2.75, 3.05) is 18.5 Å². The molecule has 0 bridgehead atoms. The molecule has 3 heteroatoms. The zero-order valence-corrected chi connectivity index (χ0v) is 10.4. The van der Waals surface area contributed by atoms with E-state index < -0.39 is 6.10 Å². The predicted molar refractivity (Wildman–Crippen MR) is 69.3 cm³/mol. The molecule has 0 spiro atoms. The molecule has 1 aliphatic heterocycles. The van der Waals surface area contributed by atoms with Crippen molar-refractivity contribution in [3.05, 3.63) is 29.8 Å². The molecule has 3 nitrogen and oxygen atoms in total. The number of unbranched alkanes of at least 4 members (excludes halogenated alkanes) is 1. The number of hydrogen-bond acceptors (Lipinski definition) is 3. The van der Waals surface area contributed by atoms with Crippen molar-refractivity contribution in [2.45, 2.75) is 38.3 Å². The minimum absolute atomic E-state index is 0.0245. The summed E-state index contributed by atoms with van der Waals surface area (Å²) in [6, 6.07) is 8.49. The van der Waals surface area contributed by atoms with Crippen LogP contribution in [0.1, 0.15) is 25.3 Å². The summed E-state index contributed by atoms with van der Waals surface area (Å²) in [5, 5.41) is 12.9. The maximum absolute atomic E-state index is 9.63. The Balaban J connectivity index is 1.89. The molecule has 1 fully saturated rings. The Morgan fingerprint density at radius 2 is 2.06 bits per heavy atom. The van der Waals surface area contributed by atoms with E-state index in [0.29, 0.717) is 13.2 Å². The largest absolute Gasteiger partial charge is 0.388 e. The molecule has 0 aromatic heterocycles. The molecule has 0 radical (unpaired) electrons. The second-order valence-electron chi connectivity index (χ2n) is 4.66. The van der Waals surface area contributed by atoms with Crippen LogP contribution in [0.3, 0.4) is 0 Å². The molecule has 1 aromatic rings. The highest BCUT2D eigenvalue weighted by atomic mass is 16.5. The van der Waals surface area contributed by atoms with Gasteiger partial charge in [0, 0.05) is 5.69 Å². The summed E-state index contributed by atoms with van der Waals surface area (Å²) in [5.41, 5.74) is 2.43. The zero-order chi connectivity index (χ0) is 12.1. The second-order valence-corrected chi connectivity index (χ2v) is 4.66. The highest BCUT2D eigenvalue weighted by molar-refractivity contribution is 5.46. The van der Waals surface area contributed by atoms with Crippen LogP contribution in [0.15, 0.2) is 24.3 Å². The summed E-state index contributed by atoms with van der Waals surface area (Å²) in [6.07, 6.45) is 3.22. The van der Waals surface area contributed by atoms with E-state index in [-0.39, 0.29) is 6.04 Å². The van der Waals surface area contributed by atoms with Gasteiger partial charge in [-0.05, 0) is 30.5 Å². The van der Waals surface area contributed by atoms with E-state index in [0.717, 1.165) is 12.1 Å². The second kappa shape index (κ2) is 6.03. The maximum atomic E-state index is 9.63. The van der Waals surface area contributed by atoms with Gasteiger partial charge in [0.05, 0.1) is 25.4 Å². The third-order valence-electron chi connectivity index (χ3n) is 3.18. The molecule has 1 aromatic carbocycles. The summed E-state index contributed by atoms with van der Waals surface area (Å²) in [6.45, 7) is 3.22. The van der Waals surface area contributed by atoms with Crippen LogP contribution in [0.5, 0.6) is 0 Å². The van der Waals surface area contributed by atoms with Crippen LogP contribution in [-0.2, 0) is 11.2 Å². The quantitative estimate of drug-likeness (QED) is 0.822. The molecule has 0 amide bonds. The van der Waals surface area contributed by atoms with Gasteiger partial charge in [-0.25, -0.2) is 0 Å². The fourth-order valence-corrected chi connectivity index (χ4v) is 2.04. The number of aryl methyl sites for hydroxylation is 1. The highest BCUT2D eigenvalue weighted by Crippen LogP contribution is 2.16. The molecule has 1 heterocycles. The van der Waals surface area contributed by atoms with Crippen molar-refractivity contribution in [1.82, 2.24) is 0 Å². The first-order valence-corrected chi connectivity index (χ1v) is 6.41. The summed E-state index contributed by atoms with van der Waals surface area (Å²) in [5.74, 6) is 0. The Labute approximate surface area is 103 Å². The van der Waals surface area contributed by atoms with Gasteiger partial charge in [0.25, 0.3) is 0 Å². The number of ether oxygens (including phenoxy) is 1. The Morgan fingerprint density at radius 3 is 2.65 bits per heavy atom. The lowest BCUT2D eigenvalue weighted by atomic mass is 10.1. The summed E-state index contributed by atoms with van der Waals surface area (Å²) in [7, 11) is 0. The van der Waals surface area contributed by atoms with Gasteiger partial charge in [-0.15, -0.1) is 0 Å². The Hall–Kier alpha value is -1.06. The average Bonchev–Trinajstić information content (AvgIpc) is 2.74. The maximum Gasteiger partial charge on any atom is 0.0996 e. The molecule has 2 N–H and O–H groups in total. The van der Waals surface area contributed by atoms with Crippen LogP contribution in [0.25, 0.3) is 0 Å². The monoisotopic (exact) mass is 235 g/mol. The van der Waals surface area contributed by atoms with Crippen LogP contribution in [-0.4, -0.2) is 30.5 Å². The minimum atomic E-state index is -0.394. The Morgan fingerprint density at radius 1 is 1.29 bits per heavy atom. The van der Waals surface area contributed by atoms with Gasteiger partial charge < -0.3 is 15.2 Å². The minimum Gasteiger partial charge on any atom is -0.388 e. The fourth-order valence-electron chi connectivity index (χ4n) is 2.04. The smallest absolute Gasteiger partial charge is 0.0996 e. The predicted octanol–water partition coefficient (Wildman–Crippen LogP) is 2.20. The van der Waals surface area contributed by atoms with E-state index in [1.807, 2.05) is 0 Å². The van der Waals surface area contributed by atoms with E-state index in [1.165, 1.54) is 18.4 Å². The normalized spacial score (nSPS) is 23.9. The van der Waals surface area contributed by atoms with Gasteiger partial charge in [0.15, 0.2) is 0 Å². The fraction of sp³-hybridized carbons (Fsp3) is 0.571. The molecule has 0 aliphatic carbocycles. The summed E-state index contributed by atoms with van der Waals surface area (Å²) in [4.78, 5) is 0. The van der Waals surface area contributed by atoms with Crippen LogP contribution >= 0.6 is 0 Å². The number of anilines is 1. The van der Waals surface area contributed by atoms with E-state index in [9.17, 15) is 5.11 Å². The summed E-state index contributed by atoms with van der Waals surface area (Å²) >= 11 is 0. The van der Waals surface area contributed by atoms with E-state index >= 15 is 0 Å². The van der Waals surface area contributed by atoms with E-state index in [1.54, 1.807) is 0 Å². The van der Waals surface area contributed by atoms with Gasteiger partial charge in [-0.3, -0.25) is 0 Å². The molecule has 2 rings (SSSR count). The van der Waals surface area contributed by atoms with Gasteiger partial charge in [-0.2, -0.15) is 0 Å². The van der Waals surface area contributed by atoms with E-state index in [2.05, 4.69) is 36.5 Å². The number of aliphatic hydroxyl groups excluding tert-OH is 1. The number of rotatable bonds is 5. The molecule has 17 heavy (non-hydrogen) atoms. The lowest BCUT2D eigenvalue weighted by molar-refractivity contribution is 0.125. The number of aliphatic hydroxyl groups is 1. The van der Waals surface area contributed by atoms with Crippen LogP contribution in [0.2, 0.25) is 0 Å². The number of nitrogens with one attached hydrogen (secondary N) is 1. The number of hydrogen-bond donors (Lipinski definition) is 2. The first kappa shape index (κ1) is 12.4. The topological polar surface area (TPSA) is 41.5 Å². The molecule has 2 atom stereocenters. The van der Waals surface area contributed by atoms with Crippen molar-refractivity contribution in [3.8, 4) is 0 Å². The summed E-state index contributed by atoms with van der Waals surface area (Å²) < 4.78 is 5.21. The van der Waals surface area contributed by atoms with Crippen molar-refractivity contribution >= 4 is 5.69 Å². The van der Waals surface area contributed by atoms with Crippen LogP contribution in [0.4, 0.5) is 5.69 Å². The molecule has 94 valence electrons. The van der Waals surface area contributed by atoms with Crippen molar-refractivity contribution in [3.63, 3.8) is 0 Å². The standard InChI is InChI=1S/C14H21NO2/c1-2-3-4-11-5-7-12(8-6-11)15-13-9-17-10-14(13)16/h5-8,13-16H,2-4,9-10H2,1H3. The SMILES string of the molecule is CCCCc1ccc(NC2COCC2O)cc1. The van der Waals surface area contributed by atoms with Crippen molar-refractivity contribution < 1.29 is 9.84 Å². The van der Waals surface area contributed by atoms with Gasteiger partial charge in [-0.1, -0.05) is 25.5 Å². The molecule has 0 saturated carbocycles. The van der Waals surface area contributed by atoms with Crippen LogP contribution in [0, 0.1) is 0 Å². The number of benzene rings is 1. The molecule has 2 unspecified atom stereocenters. The molecule has 1 saturated heterocycles. The molecular formula is C14H21NO2. The first-order valence-electron chi connectivity index (χ1n) is 6.41. The van der Waals surface area contributed by atoms with E-state index in [4.69, 9.17) is 4.74 Å². The third-order valence-corrected chi connectivity index (χ3v) is 3.18. The highest BCUT2D eigenvalue weighted by Gasteiger charge is 2.25. The Bertz CT molecular complexity index is 337. The van der Waals surface area contributed by atoms with Crippen molar-refractivity contribution in [2.24, 2.45) is 0 Å². The zero-order valence-electron chi connectivity index (χ0n) is 10.4. The average molecular weight is 235 g/mol. The first-order chi connectivity index (χ1) is 8.29. The lowest BCUT2D eigenvalue weighted by Gasteiger charge is -2.16. The third kappa shape index (κ3) is 3.45. The Kier molecular flexibility index (Phi) is 4.40. The van der Waals surface area contributed by atoms with Gasteiger partial charge >= 0.3 is 0 Å². The van der Waals surface area contributed by atoms with Crippen LogP contribution < -0.4 is 5.32 Å². The molecule has 1 aliphatic rings. The molecular weight excluding hydrogens is 214 g/mol.